The summed E-state index contributed by atoms with van der Waals surface area (Å²) in [5.74, 6) is -0.630. The summed E-state index contributed by atoms with van der Waals surface area (Å²) in [4.78, 5) is 10.6. The molecule has 0 spiro atoms. The number of aliphatic hydroxyl groups is 1. The molecule has 1 saturated heterocycles. The summed E-state index contributed by atoms with van der Waals surface area (Å²) in [6, 6.07) is 0. The van der Waals surface area contributed by atoms with E-state index in [1.165, 1.54) is 7.11 Å². The zero-order valence-electron chi connectivity index (χ0n) is 5.90. The number of carbonyl (C=O) groups is 1. The minimum atomic E-state index is -1.11. The summed E-state index contributed by atoms with van der Waals surface area (Å²) in [6.07, 6.45) is -1.48. The third-order valence-electron chi connectivity index (χ3n) is 1.51. The van der Waals surface area contributed by atoms with Gasteiger partial charge in [-0.25, -0.2) is 4.79 Å². The zero-order valence-corrected chi connectivity index (χ0v) is 5.90. The van der Waals surface area contributed by atoms with Crippen molar-refractivity contribution in [3.63, 3.8) is 0 Å². The molecule has 0 radical (unpaired) electrons. The summed E-state index contributed by atoms with van der Waals surface area (Å²) < 4.78 is 9.14. The third kappa shape index (κ3) is 1.27. The number of hydrogen-bond donors (Lipinski definition) is 1. The molecule has 4 nitrogen and oxygen atoms in total. The monoisotopic (exact) mass is 146 g/mol. The molecule has 58 valence electrons. The molecule has 1 aliphatic heterocycles. The van der Waals surface area contributed by atoms with E-state index in [1.807, 2.05) is 0 Å². The van der Waals surface area contributed by atoms with E-state index in [0.29, 0.717) is 0 Å². The zero-order chi connectivity index (χ0) is 7.72. The molecular formula is C6H10O4. The first kappa shape index (κ1) is 7.50. The molecular weight excluding hydrogens is 136 g/mol. The molecule has 1 aliphatic rings. The van der Waals surface area contributed by atoms with E-state index in [1.54, 1.807) is 6.92 Å². The van der Waals surface area contributed by atoms with Crippen LogP contribution in [0.1, 0.15) is 6.92 Å². The van der Waals surface area contributed by atoms with E-state index in [4.69, 9.17) is 9.84 Å². The summed E-state index contributed by atoms with van der Waals surface area (Å²) >= 11 is 0. The summed E-state index contributed by atoms with van der Waals surface area (Å²) in [7, 11) is 1.23. The smallest absolute Gasteiger partial charge is 0.337 e. The summed E-state index contributed by atoms with van der Waals surface area (Å²) in [6.45, 7) is 1.79. The lowest BCUT2D eigenvalue weighted by Gasteiger charge is -2.02. The van der Waals surface area contributed by atoms with Crippen LogP contribution in [0.15, 0.2) is 0 Å². The van der Waals surface area contributed by atoms with Crippen molar-refractivity contribution >= 4 is 5.97 Å². The van der Waals surface area contributed by atoms with Crippen molar-refractivity contribution in [2.45, 2.75) is 25.2 Å². The third-order valence-corrected chi connectivity index (χ3v) is 1.51. The lowest BCUT2D eigenvalue weighted by Crippen LogP contribution is -2.28. The summed E-state index contributed by atoms with van der Waals surface area (Å²) in [5.41, 5.74) is 0. The van der Waals surface area contributed by atoms with Crippen molar-refractivity contribution in [2.75, 3.05) is 7.11 Å². The van der Waals surface area contributed by atoms with Crippen molar-refractivity contribution < 1.29 is 19.4 Å². The number of ether oxygens (including phenoxy) is 2. The maximum atomic E-state index is 10.6. The molecule has 0 aliphatic carbocycles. The average molecular weight is 146 g/mol. The molecule has 0 amide bonds. The number of hydrogen-bond acceptors (Lipinski definition) is 4. The van der Waals surface area contributed by atoms with Gasteiger partial charge in [0.25, 0.3) is 0 Å². The lowest BCUT2D eigenvalue weighted by atomic mass is 10.2. The van der Waals surface area contributed by atoms with Gasteiger partial charge in [-0.05, 0) is 6.92 Å². The fraction of sp³-hybridized carbons (Fsp3) is 0.833. The molecule has 3 atom stereocenters. The Labute approximate surface area is 58.7 Å². The van der Waals surface area contributed by atoms with Gasteiger partial charge < -0.3 is 14.6 Å². The predicted octanol–water partition coefficient (Wildman–Crippen LogP) is -0.692. The molecule has 10 heavy (non-hydrogen) atoms. The standard InChI is InChI=1S/C6H10O4/c1-3-5(10-3)4(7)6(8)9-2/h3-5,7H,1-2H3/t3-,4+,5+/m0/s1. The maximum Gasteiger partial charge on any atom is 0.337 e. The first-order chi connectivity index (χ1) is 4.66. The van der Waals surface area contributed by atoms with Gasteiger partial charge in [-0.15, -0.1) is 0 Å². The van der Waals surface area contributed by atoms with Crippen molar-refractivity contribution in [1.29, 1.82) is 0 Å². The quantitative estimate of drug-likeness (QED) is 0.413. The van der Waals surface area contributed by atoms with Gasteiger partial charge in [0, 0.05) is 0 Å². The van der Waals surface area contributed by atoms with E-state index >= 15 is 0 Å². The highest BCUT2D eigenvalue weighted by Crippen LogP contribution is 2.24. The Bertz CT molecular complexity index is 145. The molecule has 1 rings (SSSR count). The van der Waals surface area contributed by atoms with Gasteiger partial charge in [-0.3, -0.25) is 0 Å². The number of aliphatic hydroxyl groups excluding tert-OH is 1. The van der Waals surface area contributed by atoms with Crippen molar-refractivity contribution in [1.82, 2.24) is 0 Å². The second-order valence-electron chi connectivity index (χ2n) is 2.27. The van der Waals surface area contributed by atoms with Gasteiger partial charge in [0.05, 0.1) is 13.2 Å². The molecule has 4 heteroatoms. The van der Waals surface area contributed by atoms with Crippen LogP contribution < -0.4 is 0 Å². The SMILES string of the molecule is COC(=O)[C@H](O)[C@@H]1O[C@H]1C. The topological polar surface area (TPSA) is 59.1 Å². The fourth-order valence-corrected chi connectivity index (χ4v) is 0.788. The molecule has 0 bridgehead atoms. The molecule has 1 N–H and O–H groups in total. The molecule has 0 unspecified atom stereocenters. The molecule has 0 aromatic rings. The van der Waals surface area contributed by atoms with Crippen LogP contribution in [-0.2, 0) is 14.3 Å². The van der Waals surface area contributed by atoms with Crippen molar-refractivity contribution in [3.8, 4) is 0 Å². The first-order valence-electron chi connectivity index (χ1n) is 3.08. The largest absolute Gasteiger partial charge is 0.467 e. The second kappa shape index (κ2) is 2.56. The van der Waals surface area contributed by atoms with E-state index in [9.17, 15) is 4.79 Å². The van der Waals surface area contributed by atoms with E-state index in [-0.39, 0.29) is 12.2 Å². The highest BCUT2D eigenvalue weighted by atomic mass is 16.6. The molecule has 0 saturated carbocycles. The normalized spacial score (nSPS) is 33.1. The summed E-state index contributed by atoms with van der Waals surface area (Å²) in [5, 5.41) is 9.03. The van der Waals surface area contributed by atoms with Crippen molar-refractivity contribution in [2.24, 2.45) is 0 Å². The van der Waals surface area contributed by atoms with Crippen LogP contribution >= 0.6 is 0 Å². The molecule has 0 aromatic heterocycles. The van der Waals surface area contributed by atoms with Gasteiger partial charge in [0.1, 0.15) is 6.10 Å². The Balaban J connectivity index is 2.34. The van der Waals surface area contributed by atoms with Gasteiger partial charge in [0.2, 0.25) is 0 Å². The molecule has 0 aromatic carbocycles. The van der Waals surface area contributed by atoms with Crippen LogP contribution in [0, 0.1) is 0 Å². The van der Waals surface area contributed by atoms with E-state index in [2.05, 4.69) is 4.74 Å². The Kier molecular flexibility index (Phi) is 1.92. The van der Waals surface area contributed by atoms with Gasteiger partial charge in [-0.2, -0.15) is 0 Å². The highest BCUT2D eigenvalue weighted by molar-refractivity contribution is 5.75. The fourth-order valence-electron chi connectivity index (χ4n) is 0.788. The lowest BCUT2D eigenvalue weighted by molar-refractivity contribution is -0.151. The Morgan fingerprint density at radius 1 is 1.80 bits per heavy atom. The van der Waals surface area contributed by atoms with Crippen LogP contribution in [0.4, 0.5) is 0 Å². The number of esters is 1. The van der Waals surface area contributed by atoms with Crippen LogP contribution in [-0.4, -0.2) is 36.5 Å². The Morgan fingerprint density at radius 3 is 2.60 bits per heavy atom. The minimum absolute atomic E-state index is 0.0194. The number of methoxy groups -OCH3 is 1. The number of epoxide rings is 1. The Morgan fingerprint density at radius 2 is 2.30 bits per heavy atom. The van der Waals surface area contributed by atoms with Crippen LogP contribution in [0.3, 0.4) is 0 Å². The van der Waals surface area contributed by atoms with Gasteiger partial charge >= 0.3 is 5.97 Å². The predicted molar refractivity (Wildman–Crippen MR) is 32.4 cm³/mol. The highest BCUT2D eigenvalue weighted by Gasteiger charge is 2.44. The first-order valence-corrected chi connectivity index (χ1v) is 3.08. The number of carbonyl (C=O) groups excluding carboxylic acids is 1. The van der Waals surface area contributed by atoms with Crippen LogP contribution in [0.25, 0.3) is 0 Å². The van der Waals surface area contributed by atoms with Gasteiger partial charge in [-0.1, -0.05) is 0 Å². The van der Waals surface area contributed by atoms with Crippen LogP contribution in [0.2, 0.25) is 0 Å². The van der Waals surface area contributed by atoms with Gasteiger partial charge in [0.15, 0.2) is 6.10 Å². The van der Waals surface area contributed by atoms with Crippen molar-refractivity contribution in [3.05, 3.63) is 0 Å². The number of rotatable bonds is 2. The second-order valence-corrected chi connectivity index (χ2v) is 2.27. The van der Waals surface area contributed by atoms with Crippen LogP contribution in [0.5, 0.6) is 0 Å². The van der Waals surface area contributed by atoms with E-state index in [0.717, 1.165) is 0 Å². The van der Waals surface area contributed by atoms with E-state index < -0.39 is 12.1 Å². The molecule has 1 heterocycles. The maximum absolute atomic E-state index is 10.6. The Hall–Kier alpha value is -0.610. The molecule has 1 fully saturated rings. The average Bonchev–Trinajstić information content (AvgIpc) is 2.63. The minimum Gasteiger partial charge on any atom is -0.467 e.